The molecule has 6 amide bonds. The molecule has 4 saturated heterocycles. The maximum atomic E-state index is 13.6. The molecule has 98 heavy (non-hydrogen) atoms. The zero-order valence-corrected chi connectivity index (χ0v) is 58.5. The molecule has 4 fully saturated rings. The Kier molecular flexibility index (Phi) is 41.3. The second kappa shape index (κ2) is 46.7. The van der Waals surface area contributed by atoms with Crippen LogP contribution in [0.1, 0.15) is 98.3 Å². The molecule has 34 nitrogen and oxygen atoms in total. The van der Waals surface area contributed by atoms with E-state index in [1.165, 1.54) is 0 Å². The number of carboxylic acid groups (broad SMARTS) is 1. The lowest BCUT2D eigenvalue weighted by molar-refractivity contribution is -0.347. The molecule has 23 unspecified atom stereocenters. The second-order valence-corrected chi connectivity index (χ2v) is 26.5. The molecule has 23 atom stereocenters. The maximum Gasteiger partial charge on any atom is 0.303 e. The molecule has 568 valence electrons. The van der Waals surface area contributed by atoms with Gasteiger partial charge in [-0.2, -0.15) is 23.5 Å². The minimum atomic E-state index is -1.99. The molecule has 0 bridgehead atoms. The number of thioether (sulfide) groups is 2. The highest BCUT2D eigenvalue weighted by molar-refractivity contribution is 7.98. The molecule has 0 aliphatic carbocycles. The van der Waals surface area contributed by atoms with Gasteiger partial charge in [-0.25, -0.2) is 0 Å². The first-order chi connectivity index (χ1) is 46.8. The number of aliphatic hydroxyl groups excluding tert-OH is 10. The molecule has 4 rings (SSSR count). The first-order valence-electron chi connectivity index (χ1n) is 33.8. The van der Waals surface area contributed by atoms with E-state index in [-0.39, 0.29) is 82.8 Å². The Morgan fingerprint density at radius 1 is 0.418 bits per heavy atom. The van der Waals surface area contributed by atoms with Crippen molar-refractivity contribution in [1.82, 2.24) is 31.9 Å². The summed E-state index contributed by atoms with van der Waals surface area (Å²) in [5.41, 5.74) is 0. The van der Waals surface area contributed by atoms with Crippen LogP contribution < -0.4 is 31.9 Å². The molecule has 4 aliphatic rings. The van der Waals surface area contributed by atoms with Crippen molar-refractivity contribution in [2.75, 3.05) is 110 Å². The number of rotatable bonds is 47. The topological polar surface area (TPSA) is 507 Å². The number of unbranched alkanes of at least 4 members (excludes halogenated alkanes) is 1. The van der Waals surface area contributed by atoms with Gasteiger partial charge in [-0.3, -0.25) is 33.6 Å². The second-order valence-electron chi connectivity index (χ2n) is 24.6. The van der Waals surface area contributed by atoms with Crippen LogP contribution in [0.5, 0.6) is 0 Å². The van der Waals surface area contributed by atoms with Gasteiger partial charge in [-0.05, 0) is 51.0 Å². The SMILES string of the molecule is CCCCC(CC(CC(CC)C(=O)NCCNC(=O)COC1C(COCCC)OC(OCC2OC(OCC3OC(OCC4OC(CCC)C(O)C(O)C4O)C(OCC(=O)NCCNC(=O)CCC(=O)O)C(O)C3O)C(O)C(O)C2O)C(O)C1O)C(=O)NCCSC)C(=O)NCCSC. The summed E-state index contributed by atoms with van der Waals surface area (Å²) in [5, 5.41) is 136. The van der Waals surface area contributed by atoms with Crippen LogP contribution in [-0.2, 0) is 80.9 Å². The predicted molar refractivity (Wildman–Crippen MR) is 349 cm³/mol. The Morgan fingerprint density at radius 2 is 0.857 bits per heavy atom. The van der Waals surface area contributed by atoms with Gasteiger partial charge in [0.2, 0.25) is 35.4 Å². The highest BCUT2D eigenvalue weighted by Crippen LogP contribution is 2.32. The lowest BCUT2D eigenvalue weighted by Gasteiger charge is -2.45. The average molecular weight is 1450 g/mol. The normalized spacial score (nSPS) is 31.3. The third kappa shape index (κ3) is 28.4. The molecule has 0 aromatic carbocycles. The molecular weight excluding hydrogens is 1340 g/mol. The van der Waals surface area contributed by atoms with Crippen LogP contribution in [0, 0.1) is 17.8 Å². The third-order valence-electron chi connectivity index (χ3n) is 17.0. The number of hydrogen-bond acceptors (Lipinski definition) is 29. The molecule has 4 heterocycles. The van der Waals surface area contributed by atoms with Crippen LogP contribution in [0.15, 0.2) is 0 Å². The van der Waals surface area contributed by atoms with E-state index < -0.39 is 204 Å². The first-order valence-corrected chi connectivity index (χ1v) is 36.6. The fraction of sp³-hybridized carbons (Fsp3) is 0.887. The van der Waals surface area contributed by atoms with Crippen LogP contribution in [0.25, 0.3) is 0 Å². The van der Waals surface area contributed by atoms with E-state index >= 15 is 0 Å². The summed E-state index contributed by atoms with van der Waals surface area (Å²) < 4.78 is 58.4. The number of carboxylic acids is 1. The molecule has 0 saturated carbocycles. The van der Waals surface area contributed by atoms with E-state index in [4.69, 9.17) is 52.5 Å². The van der Waals surface area contributed by atoms with Crippen molar-refractivity contribution >= 4 is 64.9 Å². The van der Waals surface area contributed by atoms with E-state index in [1.807, 2.05) is 33.3 Å². The number of ether oxygens (including phenoxy) is 10. The van der Waals surface area contributed by atoms with Crippen LogP contribution >= 0.6 is 23.5 Å². The van der Waals surface area contributed by atoms with Gasteiger partial charge in [0.05, 0.1) is 39.0 Å². The number of hydrogen-bond donors (Lipinski definition) is 17. The molecule has 0 aromatic heterocycles. The van der Waals surface area contributed by atoms with Crippen molar-refractivity contribution in [2.24, 2.45) is 17.8 Å². The summed E-state index contributed by atoms with van der Waals surface area (Å²) in [6.07, 6.45) is -25.3. The van der Waals surface area contributed by atoms with E-state index in [2.05, 4.69) is 31.9 Å². The number of aliphatic hydroxyl groups is 10. The van der Waals surface area contributed by atoms with Crippen LogP contribution in [0.2, 0.25) is 0 Å². The number of amides is 6. The summed E-state index contributed by atoms with van der Waals surface area (Å²) >= 11 is 3.19. The standard InChI is InChI=1S/C62H110N6O28S2/c1-7-11-13-34(58(85)67-20-23-97-5)26-35(59(86)68-21-24-98-6)25-33(10-4)57(84)66-19-18-65-42(70)31-88-55-40(27-87-22-9-3)96-61(54(83)52(55)81)91-29-38-47(76)50(79)53(82)60(94-38)90-30-39-48(77)51(80)56(89-32-43(71)64-17-16-63-41(69)14-15-44(72)73)62(95-39)92-28-37-46(75)49(78)45(74)36(93-37)12-8-2/h33-40,45-56,60-62,74-83H,7-32H2,1-6H3,(H,63,69)(H,64,71)(H,65,70)(H,66,84)(H,67,85)(H,68,86)(H,72,73). The zero-order chi connectivity index (χ0) is 72.4. The smallest absolute Gasteiger partial charge is 0.303 e. The van der Waals surface area contributed by atoms with E-state index in [0.29, 0.717) is 44.5 Å². The van der Waals surface area contributed by atoms with Crippen molar-refractivity contribution in [2.45, 2.75) is 221 Å². The van der Waals surface area contributed by atoms with Crippen molar-refractivity contribution in [3.05, 3.63) is 0 Å². The maximum absolute atomic E-state index is 13.6. The van der Waals surface area contributed by atoms with Gasteiger partial charge in [-0.1, -0.05) is 47.0 Å². The van der Waals surface area contributed by atoms with Crippen LogP contribution in [-0.4, -0.2) is 330 Å². The van der Waals surface area contributed by atoms with Gasteiger partial charge < -0.3 is 135 Å². The quantitative estimate of drug-likeness (QED) is 0.0254. The van der Waals surface area contributed by atoms with Gasteiger partial charge in [0.25, 0.3) is 0 Å². The van der Waals surface area contributed by atoms with Gasteiger partial charge in [-0.15, -0.1) is 0 Å². The van der Waals surface area contributed by atoms with Crippen LogP contribution in [0.3, 0.4) is 0 Å². The molecule has 0 spiro atoms. The Bertz CT molecular complexity index is 2350. The number of nitrogens with one attached hydrogen (secondary N) is 6. The lowest BCUT2D eigenvalue weighted by atomic mass is 9.82. The first kappa shape index (κ1) is 86.6. The molecule has 4 aliphatic heterocycles. The van der Waals surface area contributed by atoms with Crippen molar-refractivity contribution in [3.8, 4) is 0 Å². The van der Waals surface area contributed by atoms with Gasteiger partial charge >= 0.3 is 5.97 Å². The zero-order valence-electron chi connectivity index (χ0n) is 56.8. The number of carbonyl (C=O) groups excluding carboxylic acids is 6. The minimum Gasteiger partial charge on any atom is -0.481 e. The molecule has 36 heteroatoms. The van der Waals surface area contributed by atoms with Crippen molar-refractivity contribution in [3.63, 3.8) is 0 Å². The van der Waals surface area contributed by atoms with Gasteiger partial charge in [0.15, 0.2) is 18.9 Å². The number of aliphatic carboxylic acids is 1. The Hall–Kier alpha value is -3.81. The third-order valence-corrected chi connectivity index (χ3v) is 18.2. The highest BCUT2D eigenvalue weighted by Gasteiger charge is 2.52. The Balaban J connectivity index is 1.36. The summed E-state index contributed by atoms with van der Waals surface area (Å²) in [7, 11) is 0. The summed E-state index contributed by atoms with van der Waals surface area (Å²) in [6.45, 7) is 4.73. The van der Waals surface area contributed by atoms with E-state index in [1.54, 1.807) is 30.4 Å². The minimum absolute atomic E-state index is 0.00472. The van der Waals surface area contributed by atoms with Crippen molar-refractivity contribution in [1.29, 1.82) is 0 Å². The fourth-order valence-corrected chi connectivity index (χ4v) is 11.9. The molecule has 17 N–H and O–H groups in total. The van der Waals surface area contributed by atoms with Gasteiger partial charge in [0.1, 0.15) is 111 Å². The Labute approximate surface area is 580 Å². The Morgan fingerprint density at radius 3 is 1.40 bits per heavy atom. The average Bonchev–Trinajstić information content (AvgIpc) is 0.807. The number of carbonyl (C=O) groups is 7. The van der Waals surface area contributed by atoms with E-state index in [0.717, 1.165) is 18.6 Å². The summed E-state index contributed by atoms with van der Waals surface area (Å²) in [5.74, 6) is -4.02. The van der Waals surface area contributed by atoms with Crippen LogP contribution in [0.4, 0.5) is 0 Å². The largest absolute Gasteiger partial charge is 0.481 e. The summed E-state index contributed by atoms with van der Waals surface area (Å²) in [6, 6.07) is 0. The molecule has 0 radical (unpaired) electrons. The summed E-state index contributed by atoms with van der Waals surface area (Å²) in [4.78, 5) is 89.2. The van der Waals surface area contributed by atoms with Crippen molar-refractivity contribution < 1.29 is 137 Å². The van der Waals surface area contributed by atoms with E-state index in [9.17, 15) is 84.6 Å². The fourth-order valence-electron chi connectivity index (χ4n) is 11.3. The molecule has 0 aromatic rings. The molecular formula is C62H110N6O28S2. The highest BCUT2D eigenvalue weighted by atomic mass is 32.2. The van der Waals surface area contributed by atoms with Gasteiger partial charge in [0, 0.05) is 81.6 Å². The lowest BCUT2D eigenvalue weighted by Crippen LogP contribution is -2.63. The predicted octanol–water partition coefficient (Wildman–Crippen LogP) is -4.90. The monoisotopic (exact) mass is 1450 g/mol.